The Morgan fingerprint density at radius 3 is 3.09 bits per heavy atom. The summed E-state index contributed by atoms with van der Waals surface area (Å²) in [7, 11) is 0. The molecule has 0 fully saturated rings. The standard InChI is InChI=1S/C7H9BrN2S/c8-3-1-5-11-7-2-4-9-6-10-7/h2,4,6H,1,3,5H2. The summed E-state index contributed by atoms with van der Waals surface area (Å²) in [6.07, 6.45) is 4.52. The number of nitrogens with zero attached hydrogens (tertiary/aromatic N) is 2. The molecule has 0 bridgehead atoms. The first-order chi connectivity index (χ1) is 5.43. The number of hydrogen-bond donors (Lipinski definition) is 0. The van der Waals surface area contributed by atoms with E-state index in [1.807, 2.05) is 6.07 Å². The minimum absolute atomic E-state index is 1.06. The Labute approximate surface area is 79.0 Å². The summed E-state index contributed by atoms with van der Waals surface area (Å²) < 4.78 is 0. The fourth-order valence-electron chi connectivity index (χ4n) is 0.595. The molecule has 0 unspecified atom stereocenters. The zero-order chi connectivity index (χ0) is 7.94. The molecule has 0 saturated heterocycles. The number of aromatic nitrogens is 2. The van der Waals surface area contributed by atoms with E-state index in [1.165, 1.54) is 6.42 Å². The van der Waals surface area contributed by atoms with Crippen LogP contribution < -0.4 is 0 Å². The molecule has 1 aromatic rings. The van der Waals surface area contributed by atoms with E-state index in [4.69, 9.17) is 0 Å². The first-order valence-electron chi connectivity index (χ1n) is 3.38. The van der Waals surface area contributed by atoms with Crippen LogP contribution in [0.2, 0.25) is 0 Å². The first kappa shape index (κ1) is 9.00. The molecule has 11 heavy (non-hydrogen) atoms. The van der Waals surface area contributed by atoms with Gasteiger partial charge in [-0.3, -0.25) is 0 Å². The monoisotopic (exact) mass is 232 g/mol. The van der Waals surface area contributed by atoms with Crippen LogP contribution in [-0.2, 0) is 0 Å². The van der Waals surface area contributed by atoms with Crippen molar-refractivity contribution in [2.24, 2.45) is 0 Å². The van der Waals surface area contributed by atoms with Crippen molar-refractivity contribution in [1.82, 2.24) is 9.97 Å². The van der Waals surface area contributed by atoms with E-state index in [-0.39, 0.29) is 0 Å². The molecule has 0 aliphatic carbocycles. The van der Waals surface area contributed by atoms with Crippen LogP contribution in [0.15, 0.2) is 23.6 Å². The third-order valence-corrected chi connectivity index (χ3v) is 2.67. The van der Waals surface area contributed by atoms with Gasteiger partial charge in [-0.2, -0.15) is 0 Å². The largest absolute Gasteiger partial charge is 0.245 e. The maximum atomic E-state index is 4.09. The molecule has 1 aromatic heterocycles. The molecule has 0 spiro atoms. The maximum Gasteiger partial charge on any atom is 0.116 e. The van der Waals surface area contributed by atoms with Gasteiger partial charge in [0.2, 0.25) is 0 Å². The summed E-state index contributed by atoms with van der Waals surface area (Å²) >= 11 is 5.14. The second-order valence-electron chi connectivity index (χ2n) is 1.94. The highest BCUT2D eigenvalue weighted by Gasteiger charge is 1.92. The fraction of sp³-hybridized carbons (Fsp3) is 0.429. The lowest BCUT2D eigenvalue weighted by Gasteiger charge is -1.96. The summed E-state index contributed by atoms with van der Waals surface area (Å²) in [6.45, 7) is 0. The molecule has 0 aliphatic heterocycles. The van der Waals surface area contributed by atoms with Crippen molar-refractivity contribution >= 4 is 27.7 Å². The van der Waals surface area contributed by atoms with Crippen molar-refractivity contribution < 1.29 is 0 Å². The van der Waals surface area contributed by atoms with Gasteiger partial charge in [0.15, 0.2) is 0 Å². The number of rotatable bonds is 4. The Morgan fingerprint density at radius 2 is 2.45 bits per heavy atom. The van der Waals surface area contributed by atoms with Crippen molar-refractivity contribution in [2.45, 2.75) is 11.4 Å². The topological polar surface area (TPSA) is 25.8 Å². The van der Waals surface area contributed by atoms with Crippen molar-refractivity contribution in [3.8, 4) is 0 Å². The van der Waals surface area contributed by atoms with Crippen LogP contribution in [0.4, 0.5) is 0 Å². The average molecular weight is 233 g/mol. The quantitative estimate of drug-likeness (QED) is 0.345. The summed E-state index contributed by atoms with van der Waals surface area (Å²) in [5.41, 5.74) is 0. The van der Waals surface area contributed by atoms with E-state index < -0.39 is 0 Å². The summed E-state index contributed by atoms with van der Waals surface area (Å²) in [6, 6.07) is 1.93. The smallest absolute Gasteiger partial charge is 0.116 e. The van der Waals surface area contributed by atoms with Gasteiger partial charge >= 0.3 is 0 Å². The highest BCUT2D eigenvalue weighted by atomic mass is 79.9. The SMILES string of the molecule is BrCCCSc1ccncn1. The number of halogens is 1. The van der Waals surface area contributed by atoms with E-state index in [1.54, 1.807) is 24.3 Å². The third kappa shape index (κ3) is 3.72. The molecule has 0 atom stereocenters. The normalized spacial score (nSPS) is 9.91. The van der Waals surface area contributed by atoms with Crippen LogP contribution in [0, 0.1) is 0 Å². The molecule has 0 aliphatic rings. The molecule has 0 amide bonds. The Balaban J connectivity index is 2.28. The Kier molecular flexibility index (Phi) is 4.54. The number of hydrogen-bond acceptors (Lipinski definition) is 3. The summed E-state index contributed by atoms with van der Waals surface area (Å²) in [4.78, 5) is 7.93. The molecule has 0 radical (unpaired) electrons. The van der Waals surface area contributed by atoms with Crippen LogP contribution in [0.5, 0.6) is 0 Å². The molecule has 60 valence electrons. The van der Waals surface area contributed by atoms with Crippen LogP contribution in [0.3, 0.4) is 0 Å². The second kappa shape index (κ2) is 5.55. The molecular weight excluding hydrogens is 224 g/mol. The molecule has 4 heteroatoms. The van der Waals surface area contributed by atoms with Gasteiger partial charge in [0.05, 0.1) is 5.03 Å². The van der Waals surface area contributed by atoms with Crippen molar-refractivity contribution in [2.75, 3.05) is 11.1 Å². The van der Waals surface area contributed by atoms with Gasteiger partial charge in [0.25, 0.3) is 0 Å². The third-order valence-electron chi connectivity index (χ3n) is 1.08. The lowest BCUT2D eigenvalue weighted by atomic mass is 10.6. The van der Waals surface area contributed by atoms with E-state index in [2.05, 4.69) is 25.9 Å². The van der Waals surface area contributed by atoms with Crippen LogP contribution >= 0.6 is 27.7 Å². The number of thioether (sulfide) groups is 1. The van der Waals surface area contributed by atoms with Gasteiger partial charge in [-0.05, 0) is 12.5 Å². The predicted molar refractivity (Wildman–Crippen MR) is 51.2 cm³/mol. The maximum absolute atomic E-state index is 4.09. The van der Waals surface area contributed by atoms with E-state index in [9.17, 15) is 0 Å². The van der Waals surface area contributed by atoms with E-state index in [0.29, 0.717) is 0 Å². The minimum Gasteiger partial charge on any atom is -0.245 e. The van der Waals surface area contributed by atoms with E-state index in [0.717, 1.165) is 16.1 Å². The predicted octanol–water partition coefficient (Wildman–Crippen LogP) is 2.35. The van der Waals surface area contributed by atoms with Crippen molar-refractivity contribution in [1.29, 1.82) is 0 Å². The highest BCUT2D eigenvalue weighted by molar-refractivity contribution is 9.09. The first-order valence-corrected chi connectivity index (χ1v) is 5.49. The lowest BCUT2D eigenvalue weighted by molar-refractivity contribution is 1.04. The van der Waals surface area contributed by atoms with Gasteiger partial charge in [0, 0.05) is 17.3 Å². The average Bonchev–Trinajstić information content (AvgIpc) is 2.07. The molecule has 0 saturated carbocycles. The molecule has 1 heterocycles. The summed E-state index contributed by atoms with van der Waals surface area (Å²) in [5, 5.41) is 2.12. The summed E-state index contributed by atoms with van der Waals surface area (Å²) in [5.74, 6) is 1.11. The van der Waals surface area contributed by atoms with Crippen LogP contribution in [0.1, 0.15) is 6.42 Å². The van der Waals surface area contributed by atoms with Gasteiger partial charge in [-0.15, -0.1) is 11.8 Å². The van der Waals surface area contributed by atoms with E-state index >= 15 is 0 Å². The molecule has 0 aromatic carbocycles. The zero-order valence-electron chi connectivity index (χ0n) is 6.03. The Bertz CT molecular complexity index is 193. The van der Waals surface area contributed by atoms with Crippen LogP contribution in [-0.4, -0.2) is 21.1 Å². The highest BCUT2D eigenvalue weighted by Crippen LogP contribution is 2.14. The molecule has 2 nitrogen and oxygen atoms in total. The fourth-order valence-corrected chi connectivity index (χ4v) is 2.02. The van der Waals surface area contributed by atoms with Crippen LogP contribution in [0.25, 0.3) is 0 Å². The van der Waals surface area contributed by atoms with Crippen molar-refractivity contribution in [3.05, 3.63) is 18.6 Å². The molecule has 1 rings (SSSR count). The van der Waals surface area contributed by atoms with Gasteiger partial charge < -0.3 is 0 Å². The number of alkyl halides is 1. The molecule has 0 N–H and O–H groups in total. The van der Waals surface area contributed by atoms with Gasteiger partial charge in [-0.25, -0.2) is 9.97 Å². The Hall–Kier alpha value is -0.0900. The lowest BCUT2D eigenvalue weighted by Crippen LogP contribution is -1.83. The Morgan fingerprint density at radius 1 is 1.55 bits per heavy atom. The molecular formula is C7H9BrN2S. The van der Waals surface area contributed by atoms with Gasteiger partial charge in [0.1, 0.15) is 6.33 Å². The second-order valence-corrected chi connectivity index (χ2v) is 3.85. The van der Waals surface area contributed by atoms with Crippen molar-refractivity contribution in [3.63, 3.8) is 0 Å². The minimum atomic E-state index is 1.06. The zero-order valence-corrected chi connectivity index (χ0v) is 8.44. The van der Waals surface area contributed by atoms with Gasteiger partial charge in [-0.1, -0.05) is 15.9 Å².